The summed E-state index contributed by atoms with van der Waals surface area (Å²) in [6, 6.07) is 18.0. The molecular weight excluding hydrogens is 497 g/mol. The molecule has 0 bridgehead atoms. The molecule has 0 aliphatic heterocycles. The Labute approximate surface area is 223 Å². The number of methoxy groups -OCH3 is 2. The molecule has 0 aliphatic carbocycles. The fraction of sp³-hybridized carbons (Fsp3) is 0.103. The Hall–Kier alpha value is -5.25. The number of imidazole rings is 1. The predicted octanol–water partition coefficient (Wildman–Crippen LogP) is 5.76. The molecule has 0 fully saturated rings. The maximum atomic E-state index is 15.5. The van der Waals surface area contributed by atoms with Gasteiger partial charge in [0.15, 0.2) is 11.6 Å². The number of ether oxygens (including phenoxy) is 2. The largest absolute Gasteiger partial charge is 0.497 e. The lowest BCUT2D eigenvalue weighted by Gasteiger charge is -2.13. The molecule has 0 saturated heterocycles. The second kappa shape index (κ2) is 9.90. The first-order valence-corrected chi connectivity index (χ1v) is 12.1. The van der Waals surface area contributed by atoms with E-state index in [0.29, 0.717) is 51.4 Å². The van der Waals surface area contributed by atoms with E-state index in [0.717, 1.165) is 11.1 Å². The van der Waals surface area contributed by atoms with Crippen LogP contribution in [0.4, 0.5) is 16.0 Å². The van der Waals surface area contributed by atoms with Crippen LogP contribution in [0.3, 0.4) is 0 Å². The highest BCUT2D eigenvalue weighted by molar-refractivity contribution is 6.00. The van der Waals surface area contributed by atoms with Gasteiger partial charge in [0.25, 0.3) is 0 Å². The highest BCUT2D eigenvalue weighted by Gasteiger charge is 2.25. The number of hydrogen-bond acceptors (Lipinski definition) is 7. The molecule has 6 rings (SSSR count). The number of pyridine rings is 1. The highest BCUT2D eigenvalue weighted by Crippen LogP contribution is 2.44. The molecule has 4 heterocycles. The van der Waals surface area contributed by atoms with Crippen LogP contribution >= 0.6 is 0 Å². The maximum Gasteiger partial charge on any atom is 0.218 e. The van der Waals surface area contributed by atoms with Gasteiger partial charge in [-0.15, -0.1) is 5.10 Å². The zero-order valence-electron chi connectivity index (χ0n) is 21.5. The van der Waals surface area contributed by atoms with Crippen LogP contribution in [0.2, 0.25) is 0 Å². The van der Waals surface area contributed by atoms with E-state index in [-0.39, 0.29) is 0 Å². The molecule has 0 atom stereocenters. The smallest absolute Gasteiger partial charge is 0.218 e. The van der Waals surface area contributed by atoms with Crippen molar-refractivity contribution in [3.05, 3.63) is 91.3 Å². The van der Waals surface area contributed by atoms with Crippen LogP contribution in [0, 0.1) is 5.82 Å². The molecule has 9 nitrogen and oxygen atoms in total. The lowest BCUT2D eigenvalue weighted by molar-refractivity contribution is 0.413. The predicted molar refractivity (Wildman–Crippen MR) is 147 cm³/mol. The molecule has 0 radical (unpaired) electrons. The van der Waals surface area contributed by atoms with Crippen LogP contribution in [-0.2, 0) is 7.05 Å². The standard InChI is InChI=1S/C29H24FN7O2/c1-36-15-14-32-29(36)28-34-27(33-23-16-19(38-2)12-13-31-23)26-24(18-8-5-4-6-9-18)20(17-37(26)35-28)25-21(30)10-7-11-22(25)39-3/h4-17H,1-3H3,(H,31,33,34,35). The molecule has 194 valence electrons. The molecule has 0 saturated carbocycles. The Bertz CT molecular complexity index is 1800. The molecule has 1 N–H and O–H groups in total. The number of aryl methyl sites for hydroxylation is 1. The zero-order chi connectivity index (χ0) is 26.9. The lowest BCUT2D eigenvalue weighted by atomic mass is 9.96. The Morgan fingerprint density at radius 3 is 2.49 bits per heavy atom. The van der Waals surface area contributed by atoms with Crippen LogP contribution in [0.5, 0.6) is 11.5 Å². The summed E-state index contributed by atoms with van der Waals surface area (Å²) in [4.78, 5) is 13.8. The summed E-state index contributed by atoms with van der Waals surface area (Å²) in [6.45, 7) is 0. The average molecular weight is 522 g/mol. The number of benzene rings is 2. The molecule has 2 aromatic carbocycles. The van der Waals surface area contributed by atoms with Crippen molar-refractivity contribution in [1.29, 1.82) is 0 Å². The third-order valence-corrected chi connectivity index (χ3v) is 6.39. The number of halogens is 1. The molecule has 0 unspecified atom stereocenters. The monoisotopic (exact) mass is 521 g/mol. The number of nitrogens with zero attached hydrogens (tertiary/aromatic N) is 6. The third kappa shape index (κ3) is 4.31. The van der Waals surface area contributed by atoms with Crippen molar-refractivity contribution >= 4 is 17.2 Å². The molecule has 10 heteroatoms. The molecule has 0 amide bonds. The van der Waals surface area contributed by atoms with Crippen molar-refractivity contribution in [3.63, 3.8) is 0 Å². The average Bonchev–Trinajstić information content (AvgIpc) is 3.56. The van der Waals surface area contributed by atoms with E-state index < -0.39 is 5.82 Å². The summed E-state index contributed by atoms with van der Waals surface area (Å²) < 4.78 is 29.9. The zero-order valence-corrected chi connectivity index (χ0v) is 21.5. The first-order chi connectivity index (χ1) is 19.1. The van der Waals surface area contributed by atoms with Gasteiger partial charge in [0.05, 0.1) is 19.8 Å². The molecule has 0 aliphatic rings. The lowest BCUT2D eigenvalue weighted by Crippen LogP contribution is -2.06. The van der Waals surface area contributed by atoms with Crippen molar-refractivity contribution < 1.29 is 13.9 Å². The number of aromatic nitrogens is 6. The first kappa shape index (κ1) is 24.1. The van der Waals surface area contributed by atoms with Crippen molar-refractivity contribution in [1.82, 2.24) is 29.1 Å². The topological polar surface area (TPSA) is 91.4 Å². The minimum Gasteiger partial charge on any atom is -0.497 e. The summed E-state index contributed by atoms with van der Waals surface area (Å²) in [5.74, 6) is 2.56. The summed E-state index contributed by atoms with van der Waals surface area (Å²) in [5.41, 5.74) is 3.15. The van der Waals surface area contributed by atoms with Gasteiger partial charge in [0.1, 0.15) is 28.7 Å². The van der Waals surface area contributed by atoms with Gasteiger partial charge in [0.2, 0.25) is 5.82 Å². The van der Waals surface area contributed by atoms with Crippen LogP contribution in [0.15, 0.2) is 85.5 Å². The quantitative estimate of drug-likeness (QED) is 0.286. The summed E-state index contributed by atoms with van der Waals surface area (Å²) >= 11 is 0. The molecular formula is C29H24FN7O2. The minimum absolute atomic E-state index is 0.327. The van der Waals surface area contributed by atoms with Crippen LogP contribution in [0.25, 0.3) is 39.4 Å². The number of fused-ring (bicyclic) bond motifs is 1. The van der Waals surface area contributed by atoms with Gasteiger partial charge in [-0.1, -0.05) is 36.4 Å². The number of rotatable bonds is 7. The maximum absolute atomic E-state index is 15.5. The van der Waals surface area contributed by atoms with E-state index in [1.54, 1.807) is 54.5 Å². The normalized spacial score (nSPS) is 11.1. The highest BCUT2D eigenvalue weighted by atomic mass is 19.1. The van der Waals surface area contributed by atoms with Crippen molar-refractivity contribution in [2.24, 2.45) is 7.05 Å². The second-order valence-corrected chi connectivity index (χ2v) is 8.75. The second-order valence-electron chi connectivity index (χ2n) is 8.75. The number of anilines is 2. The van der Waals surface area contributed by atoms with Crippen LogP contribution in [-0.4, -0.2) is 43.4 Å². The van der Waals surface area contributed by atoms with Gasteiger partial charge in [-0.3, -0.25) is 0 Å². The van der Waals surface area contributed by atoms with E-state index in [1.165, 1.54) is 13.2 Å². The minimum atomic E-state index is -0.413. The number of nitrogens with one attached hydrogen (secondary N) is 1. The van der Waals surface area contributed by atoms with Gasteiger partial charge in [-0.2, -0.15) is 0 Å². The summed E-state index contributed by atoms with van der Waals surface area (Å²) in [7, 11) is 4.99. The molecule has 39 heavy (non-hydrogen) atoms. The van der Waals surface area contributed by atoms with E-state index >= 15 is 4.39 Å². The van der Waals surface area contributed by atoms with Gasteiger partial charge >= 0.3 is 0 Å². The summed E-state index contributed by atoms with van der Waals surface area (Å²) in [6.07, 6.45) is 6.93. The van der Waals surface area contributed by atoms with Crippen molar-refractivity contribution in [2.75, 3.05) is 19.5 Å². The Balaban J connectivity index is 1.70. The van der Waals surface area contributed by atoms with E-state index in [1.807, 2.05) is 48.1 Å². The summed E-state index contributed by atoms with van der Waals surface area (Å²) in [5, 5.41) is 8.14. The fourth-order valence-electron chi connectivity index (χ4n) is 4.60. The van der Waals surface area contributed by atoms with E-state index in [4.69, 9.17) is 19.6 Å². The molecule has 4 aromatic heterocycles. The Morgan fingerprint density at radius 2 is 1.74 bits per heavy atom. The van der Waals surface area contributed by atoms with Gasteiger partial charge in [0, 0.05) is 49.0 Å². The van der Waals surface area contributed by atoms with Gasteiger partial charge in [-0.25, -0.2) is 23.9 Å². The van der Waals surface area contributed by atoms with E-state index in [2.05, 4.69) is 15.3 Å². The van der Waals surface area contributed by atoms with Gasteiger partial charge < -0.3 is 19.4 Å². The molecule has 0 spiro atoms. The van der Waals surface area contributed by atoms with Crippen LogP contribution in [0.1, 0.15) is 0 Å². The number of hydrogen-bond donors (Lipinski definition) is 1. The van der Waals surface area contributed by atoms with Crippen LogP contribution < -0.4 is 14.8 Å². The van der Waals surface area contributed by atoms with Gasteiger partial charge in [-0.05, 0) is 23.8 Å². The SMILES string of the molecule is COc1ccnc(Nc2nc(-c3nccn3C)nn3cc(-c4c(F)cccc4OC)c(-c4ccccc4)c23)c1. The van der Waals surface area contributed by atoms with Crippen molar-refractivity contribution in [3.8, 4) is 45.4 Å². The third-order valence-electron chi connectivity index (χ3n) is 6.39. The fourth-order valence-corrected chi connectivity index (χ4v) is 4.60. The van der Waals surface area contributed by atoms with E-state index in [9.17, 15) is 0 Å². The Morgan fingerprint density at radius 1 is 0.897 bits per heavy atom. The van der Waals surface area contributed by atoms with Crippen molar-refractivity contribution in [2.45, 2.75) is 0 Å². The first-order valence-electron chi connectivity index (χ1n) is 12.1. The molecule has 6 aromatic rings. The Kier molecular flexibility index (Phi) is 6.12.